The number of aromatic nitrogens is 2. The van der Waals surface area contributed by atoms with Gasteiger partial charge in [-0.25, -0.2) is 4.98 Å². The molecule has 7 nitrogen and oxygen atoms in total. The van der Waals surface area contributed by atoms with Crippen LogP contribution in [0.2, 0.25) is 0 Å². The molecule has 1 fully saturated rings. The van der Waals surface area contributed by atoms with E-state index in [1.54, 1.807) is 4.90 Å². The number of benzene rings is 2. The Morgan fingerprint density at radius 2 is 1.96 bits per heavy atom. The van der Waals surface area contributed by atoms with E-state index in [0.29, 0.717) is 12.1 Å². The number of carbonyl (C=O) groups is 1. The molecule has 1 unspecified atom stereocenters. The standard InChI is InChI=1S/C18H16N4O3/c23-18(12-7-9-13(10-8-12)22(24)25)21-11-3-6-16(21)17-19-14-4-1-2-5-15(14)20-17/h1-2,4-5,7-10,16H,3,6,11H2,(H,19,20). The van der Waals surface area contributed by atoms with Crippen LogP contribution in [0.3, 0.4) is 0 Å². The van der Waals surface area contributed by atoms with Crippen molar-refractivity contribution in [3.63, 3.8) is 0 Å². The number of nitrogens with one attached hydrogen (secondary N) is 1. The number of likely N-dealkylation sites (tertiary alicyclic amines) is 1. The van der Waals surface area contributed by atoms with E-state index in [4.69, 9.17) is 0 Å². The maximum atomic E-state index is 12.8. The maximum Gasteiger partial charge on any atom is 0.269 e. The van der Waals surface area contributed by atoms with Crippen molar-refractivity contribution in [3.05, 3.63) is 70.0 Å². The molecule has 1 saturated heterocycles. The smallest absolute Gasteiger partial charge is 0.269 e. The number of imidazole rings is 1. The second-order valence-electron chi connectivity index (χ2n) is 6.10. The molecular formula is C18H16N4O3. The van der Waals surface area contributed by atoms with E-state index in [9.17, 15) is 14.9 Å². The molecular weight excluding hydrogens is 320 g/mol. The zero-order valence-corrected chi connectivity index (χ0v) is 13.4. The van der Waals surface area contributed by atoms with Crippen LogP contribution in [0.5, 0.6) is 0 Å². The molecule has 0 aliphatic carbocycles. The Hall–Kier alpha value is -3.22. The van der Waals surface area contributed by atoms with Gasteiger partial charge in [0.1, 0.15) is 5.82 Å². The van der Waals surface area contributed by atoms with Crippen LogP contribution in [0, 0.1) is 10.1 Å². The predicted molar refractivity (Wildman–Crippen MR) is 92.2 cm³/mol. The van der Waals surface area contributed by atoms with Crippen molar-refractivity contribution in [2.75, 3.05) is 6.54 Å². The van der Waals surface area contributed by atoms with Gasteiger partial charge in [-0.05, 0) is 37.1 Å². The summed E-state index contributed by atoms with van der Waals surface area (Å²) in [5.41, 5.74) is 2.26. The fraction of sp³-hybridized carbons (Fsp3) is 0.222. The Kier molecular flexibility index (Phi) is 3.68. The molecule has 25 heavy (non-hydrogen) atoms. The van der Waals surface area contributed by atoms with Gasteiger partial charge >= 0.3 is 0 Å². The Bertz CT molecular complexity index is 915. The molecule has 126 valence electrons. The van der Waals surface area contributed by atoms with Crippen molar-refractivity contribution in [1.29, 1.82) is 0 Å². The van der Waals surface area contributed by atoms with Gasteiger partial charge < -0.3 is 9.88 Å². The van der Waals surface area contributed by atoms with Gasteiger partial charge in [-0.15, -0.1) is 0 Å². The van der Waals surface area contributed by atoms with Crippen LogP contribution in [0.4, 0.5) is 5.69 Å². The summed E-state index contributed by atoms with van der Waals surface area (Å²) in [5, 5.41) is 10.8. The number of non-ortho nitro benzene ring substituents is 1. The molecule has 1 aliphatic heterocycles. The zero-order chi connectivity index (χ0) is 17.4. The van der Waals surface area contributed by atoms with E-state index in [1.165, 1.54) is 24.3 Å². The summed E-state index contributed by atoms with van der Waals surface area (Å²) in [6.07, 6.45) is 1.75. The van der Waals surface area contributed by atoms with Gasteiger partial charge in [0.2, 0.25) is 0 Å². The van der Waals surface area contributed by atoms with Crippen molar-refractivity contribution in [2.45, 2.75) is 18.9 Å². The first-order valence-electron chi connectivity index (χ1n) is 8.13. The fourth-order valence-electron chi connectivity index (χ4n) is 3.32. The minimum atomic E-state index is -0.471. The average molecular weight is 336 g/mol. The number of nitro benzene ring substituents is 1. The van der Waals surface area contributed by atoms with Crippen molar-refractivity contribution in [3.8, 4) is 0 Å². The van der Waals surface area contributed by atoms with Gasteiger partial charge in [0.25, 0.3) is 11.6 Å². The van der Waals surface area contributed by atoms with Crippen LogP contribution in [0.15, 0.2) is 48.5 Å². The molecule has 1 aromatic heterocycles. The van der Waals surface area contributed by atoms with Crippen molar-refractivity contribution >= 4 is 22.6 Å². The highest BCUT2D eigenvalue weighted by Crippen LogP contribution is 2.32. The minimum absolute atomic E-state index is 0.0215. The molecule has 2 aromatic carbocycles. The molecule has 1 amide bonds. The SMILES string of the molecule is O=C(c1ccc([N+](=O)[O-])cc1)N1CCCC1c1nc2ccccc2[nH]1. The number of hydrogen-bond acceptors (Lipinski definition) is 4. The normalized spacial score (nSPS) is 17.1. The number of H-pyrrole nitrogens is 1. The first-order valence-corrected chi connectivity index (χ1v) is 8.13. The highest BCUT2D eigenvalue weighted by atomic mass is 16.6. The average Bonchev–Trinajstić information content (AvgIpc) is 3.27. The van der Waals surface area contributed by atoms with Gasteiger partial charge in [0.15, 0.2) is 0 Å². The number of carbonyl (C=O) groups excluding carboxylic acids is 1. The van der Waals surface area contributed by atoms with Crippen molar-refractivity contribution in [1.82, 2.24) is 14.9 Å². The summed E-state index contributed by atoms with van der Waals surface area (Å²) in [7, 11) is 0. The molecule has 0 radical (unpaired) electrons. The number of para-hydroxylation sites is 2. The van der Waals surface area contributed by atoms with Gasteiger partial charge in [0.05, 0.1) is 22.0 Å². The first kappa shape index (κ1) is 15.3. The number of rotatable bonds is 3. The predicted octanol–water partition coefficient (Wildman–Crippen LogP) is 3.45. The number of hydrogen-bond donors (Lipinski definition) is 1. The first-order chi connectivity index (χ1) is 12.1. The number of fused-ring (bicyclic) bond motifs is 1. The highest BCUT2D eigenvalue weighted by molar-refractivity contribution is 5.95. The molecule has 1 N–H and O–H groups in total. The summed E-state index contributed by atoms with van der Waals surface area (Å²) in [5.74, 6) is 0.659. The second kappa shape index (κ2) is 6.01. The summed E-state index contributed by atoms with van der Waals surface area (Å²) in [6.45, 7) is 0.650. The summed E-state index contributed by atoms with van der Waals surface area (Å²) in [4.78, 5) is 32.8. The molecule has 0 spiro atoms. The molecule has 1 aliphatic rings. The number of nitro groups is 1. The highest BCUT2D eigenvalue weighted by Gasteiger charge is 2.32. The summed E-state index contributed by atoms with van der Waals surface area (Å²) in [6, 6.07) is 13.4. The Labute approximate surface area is 143 Å². The lowest BCUT2D eigenvalue weighted by molar-refractivity contribution is -0.384. The maximum absolute atomic E-state index is 12.8. The number of nitrogens with zero attached hydrogens (tertiary/aromatic N) is 3. The van der Waals surface area contributed by atoms with Gasteiger partial charge in [-0.1, -0.05) is 12.1 Å². The third-order valence-corrected chi connectivity index (χ3v) is 4.56. The number of amides is 1. The summed E-state index contributed by atoms with van der Waals surface area (Å²) < 4.78 is 0. The lowest BCUT2D eigenvalue weighted by atomic mass is 10.1. The van der Waals surface area contributed by atoms with Gasteiger partial charge in [-0.3, -0.25) is 14.9 Å². The Balaban J connectivity index is 1.62. The fourth-order valence-corrected chi connectivity index (χ4v) is 3.32. The zero-order valence-electron chi connectivity index (χ0n) is 13.4. The van der Waals surface area contributed by atoms with Crippen LogP contribution in [-0.2, 0) is 0 Å². The van der Waals surface area contributed by atoms with E-state index in [0.717, 1.165) is 29.7 Å². The van der Waals surface area contributed by atoms with Crippen molar-refractivity contribution in [2.24, 2.45) is 0 Å². The van der Waals surface area contributed by atoms with E-state index < -0.39 is 4.92 Å². The van der Waals surface area contributed by atoms with Gasteiger partial charge in [0, 0.05) is 24.2 Å². The monoisotopic (exact) mass is 336 g/mol. The van der Waals surface area contributed by atoms with Gasteiger partial charge in [-0.2, -0.15) is 0 Å². The lowest BCUT2D eigenvalue weighted by Gasteiger charge is -2.23. The van der Waals surface area contributed by atoms with E-state index in [-0.39, 0.29) is 17.6 Å². The minimum Gasteiger partial charge on any atom is -0.340 e. The van der Waals surface area contributed by atoms with Crippen LogP contribution in [0.25, 0.3) is 11.0 Å². The topological polar surface area (TPSA) is 92.1 Å². The quantitative estimate of drug-likeness (QED) is 0.586. The van der Waals surface area contributed by atoms with Crippen LogP contribution >= 0.6 is 0 Å². The summed E-state index contributed by atoms with van der Waals surface area (Å²) >= 11 is 0. The third kappa shape index (κ3) is 2.73. The molecule has 7 heteroatoms. The molecule has 1 atom stereocenters. The van der Waals surface area contributed by atoms with E-state index in [1.807, 2.05) is 24.3 Å². The Morgan fingerprint density at radius 1 is 1.20 bits per heavy atom. The van der Waals surface area contributed by atoms with Crippen molar-refractivity contribution < 1.29 is 9.72 Å². The molecule has 0 saturated carbocycles. The van der Waals surface area contributed by atoms with Crippen LogP contribution < -0.4 is 0 Å². The third-order valence-electron chi connectivity index (χ3n) is 4.56. The Morgan fingerprint density at radius 3 is 2.68 bits per heavy atom. The van der Waals surface area contributed by atoms with E-state index in [2.05, 4.69) is 9.97 Å². The molecule has 4 rings (SSSR count). The van der Waals surface area contributed by atoms with E-state index >= 15 is 0 Å². The largest absolute Gasteiger partial charge is 0.340 e. The molecule has 2 heterocycles. The van der Waals surface area contributed by atoms with Crippen LogP contribution in [-0.4, -0.2) is 32.2 Å². The second-order valence-corrected chi connectivity index (χ2v) is 6.10. The molecule has 0 bridgehead atoms. The number of aromatic amines is 1. The van der Waals surface area contributed by atoms with Crippen LogP contribution in [0.1, 0.15) is 35.1 Å². The lowest BCUT2D eigenvalue weighted by Crippen LogP contribution is -2.31. The molecule has 3 aromatic rings.